The highest BCUT2D eigenvalue weighted by molar-refractivity contribution is 7.97. The van der Waals surface area contributed by atoms with Gasteiger partial charge in [0, 0.05) is 42.7 Å². The molecule has 1 aliphatic rings. The van der Waals surface area contributed by atoms with E-state index in [1.807, 2.05) is 55.1 Å². The van der Waals surface area contributed by atoms with Gasteiger partial charge in [0.15, 0.2) is 12.0 Å². The molecular formula is C29H37FN6O3S. The Balaban J connectivity index is 1.32. The largest absolute Gasteiger partial charge is 0.486 e. The second kappa shape index (κ2) is 14.3. The fraction of sp³-hybridized carbons (Fsp3) is 0.414. The van der Waals surface area contributed by atoms with Crippen LogP contribution in [0.4, 0.5) is 10.1 Å². The molecule has 1 aromatic heterocycles. The van der Waals surface area contributed by atoms with Crippen molar-refractivity contribution >= 4 is 40.9 Å². The summed E-state index contributed by atoms with van der Waals surface area (Å²) in [4.78, 5) is 19.3. The third-order valence-corrected chi connectivity index (χ3v) is 7.54. The van der Waals surface area contributed by atoms with Gasteiger partial charge < -0.3 is 30.1 Å². The number of hydrogen-bond donors (Lipinski definition) is 4. The molecule has 4 N–H and O–H groups in total. The number of nitrogens with zero attached hydrogens (tertiary/aromatic N) is 2. The van der Waals surface area contributed by atoms with Crippen molar-refractivity contribution in [2.75, 3.05) is 44.1 Å². The number of fused-ring (bicyclic) bond motifs is 1. The summed E-state index contributed by atoms with van der Waals surface area (Å²) in [5.41, 5.74) is 4.20. The van der Waals surface area contributed by atoms with E-state index in [4.69, 9.17) is 14.6 Å². The zero-order chi connectivity index (χ0) is 28.4. The minimum Gasteiger partial charge on any atom is -0.486 e. The van der Waals surface area contributed by atoms with Gasteiger partial charge in [-0.25, -0.2) is 9.71 Å². The molecule has 1 saturated carbocycles. The van der Waals surface area contributed by atoms with Crippen molar-refractivity contribution in [3.63, 3.8) is 0 Å². The monoisotopic (exact) mass is 568 g/mol. The van der Waals surface area contributed by atoms with Crippen molar-refractivity contribution in [2.45, 2.75) is 33.2 Å². The SMILES string of the molecule is CCN(CNSCCNCc1ccc2ncoc2c1)/C(C=N)=C(\OCC1(CF)CC1)C(=O)Nc1cccc(C)c1. The smallest absolute Gasteiger partial charge is 0.293 e. The number of aromatic nitrogens is 1. The van der Waals surface area contributed by atoms with Crippen LogP contribution >= 0.6 is 11.9 Å². The third kappa shape index (κ3) is 8.06. The van der Waals surface area contributed by atoms with Crippen molar-refractivity contribution in [1.29, 1.82) is 5.41 Å². The number of amides is 1. The lowest BCUT2D eigenvalue weighted by molar-refractivity contribution is -0.116. The number of ether oxygens (including phenoxy) is 1. The summed E-state index contributed by atoms with van der Waals surface area (Å²) in [5, 5.41) is 14.4. The highest BCUT2D eigenvalue weighted by Crippen LogP contribution is 2.46. The summed E-state index contributed by atoms with van der Waals surface area (Å²) in [7, 11) is 0. The van der Waals surface area contributed by atoms with Crippen LogP contribution in [0.25, 0.3) is 11.1 Å². The van der Waals surface area contributed by atoms with E-state index in [-0.39, 0.29) is 12.4 Å². The lowest BCUT2D eigenvalue weighted by atomic mass is 10.1. The first-order valence-electron chi connectivity index (χ1n) is 13.4. The topological polar surface area (TPSA) is 116 Å². The molecule has 0 saturated heterocycles. The van der Waals surface area contributed by atoms with E-state index in [0.29, 0.717) is 24.6 Å². The number of oxazole rings is 1. The predicted molar refractivity (Wildman–Crippen MR) is 158 cm³/mol. The Morgan fingerprint density at radius 3 is 2.88 bits per heavy atom. The number of benzene rings is 2. The van der Waals surface area contributed by atoms with Crippen LogP contribution in [0.3, 0.4) is 0 Å². The summed E-state index contributed by atoms with van der Waals surface area (Å²) >= 11 is 1.55. The quantitative estimate of drug-likeness (QED) is 0.0449. The molecule has 40 heavy (non-hydrogen) atoms. The third-order valence-electron chi connectivity index (χ3n) is 6.80. The van der Waals surface area contributed by atoms with Crippen molar-refractivity contribution in [2.24, 2.45) is 5.41 Å². The molecule has 3 aromatic rings. The van der Waals surface area contributed by atoms with Crippen molar-refractivity contribution in [3.8, 4) is 0 Å². The Morgan fingerprint density at radius 2 is 2.15 bits per heavy atom. The lowest BCUT2D eigenvalue weighted by Gasteiger charge is -2.26. The van der Waals surface area contributed by atoms with E-state index in [0.717, 1.165) is 60.1 Å². The molecule has 1 heterocycles. The summed E-state index contributed by atoms with van der Waals surface area (Å²) in [5.74, 6) is 0.370. The number of halogens is 1. The van der Waals surface area contributed by atoms with Gasteiger partial charge in [0.05, 0.1) is 20.0 Å². The normalized spacial score (nSPS) is 14.5. The second-order valence-electron chi connectivity index (χ2n) is 9.94. The number of carbonyl (C=O) groups is 1. The van der Waals surface area contributed by atoms with Gasteiger partial charge in [-0.15, -0.1) is 0 Å². The Labute approximate surface area is 238 Å². The molecule has 4 rings (SSSR count). The van der Waals surface area contributed by atoms with Crippen LogP contribution in [0.15, 0.2) is 64.7 Å². The number of nitrogens with one attached hydrogen (secondary N) is 4. The maximum Gasteiger partial charge on any atom is 0.293 e. The summed E-state index contributed by atoms with van der Waals surface area (Å²) in [6.45, 7) is 5.94. The predicted octanol–water partition coefficient (Wildman–Crippen LogP) is 5.01. The highest BCUT2D eigenvalue weighted by Gasteiger charge is 2.44. The molecule has 2 aromatic carbocycles. The van der Waals surface area contributed by atoms with Crippen molar-refractivity contribution < 1.29 is 18.3 Å². The molecule has 9 nitrogen and oxygen atoms in total. The Morgan fingerprint density at radius 1 is 1.30 bits per heavy atom. The Kier molecular flexibility index (Phi) is 10.6. The molecule has 0 spiro atoms. The lowest BCUT2D eigenvalue weighted by Crippen LogP contribution is -2.35. The zero-order valence-corrected chi connectivity index (χ0v) is 23.8. The molecule has 1 aliphatic carbocycles. The molecule has 1 fully saturated rings. The van der Waals surface area contributed by atoms with Gasteiger partial charge in [-0.3, -0.25) is 9.18 Å². The van der Waals surface area contributed by atoms with Crippen LogP contribution in [0.5, 0.6) is 0 Å². The molecule has 11 heteroatoms. The van der Waals surface area contributed by atoms with Crippen LogP contribution in [0.2, 0.25) is 0 Å². The van der Waals surface area contributed by atoms with Crippen molar-refractivity contribution in [3.05, 3.63) is 71.4 Å². The van der Waals surface area contributed by atoms with Crippen LogP contribution in [0.1, 0.15) is 30.9 Å². The van der Waals surface area contributed by atoms with Crippen LogP contribution in [-0.2, 0) is 16.1 Å². The zero-order valence-electron chi connectivity index (χ0n) is 23.0. The second-order valence-corrected chi connectivity index (χ2v) is 10.9. The van der Waals surface area contributed by atoms with Gasteiger partial charge in [0.2, 0.25) is 5.76 Å². The average molecular weight is 569 g/mol. The highest BCUT2D eigenvalue weighted by atomic mass is 32.2. The first-order valence-corrected chi connectivity index (χ1v) is 14.4. The molecule has 214 valence electrons. The van der Waals surface area contributed by atoms with Crippen LogP contribution < -0.4 is 15.4 Å². The van der Waals surface area contributed by atoms with E-state index in [1.165, 1.54) is 6.39 Å². The molecule has 0 radical (unpaired) electrons. The van der Waals surface area contributed by atoms with Gasteiger partial charge in [0.25, 0.3) is 5.91 Å². The Bertz CT molecular complexity index is 1330. The molecule has 0 bridgehead atoms. The summed E-state index contributed by atoms with van der Waals surface area (Å²) in [6.07, 6.45) is 4.04. The number of allylic oxidation sites excluding steroid dienone is 1. The maximum absolute atomic E-state index is 13.5. The number of carbonyl (C=O) groups excluding carboxylic acids is 1. The molecular weight excluding hydrogens is 531 g/mol. The van der Waals surface area contributed by atoms with E-state index in [9.17, 15) is 9.18 Å². The fourth-order valence-electron chi connectivity index (χ4n) is 4.11. The number of alkyl halides is 1. The van der Waals surface area contributed by atoms with E-state index in [2.05, 4.69) is 20.3 Å². The minimum absolute atomic E-state index is 0.0234. The van der Waals surface area contributed by atoms with Crippen molar-refractivity contribution in [1.82, 2.24) is 19.9 Å². The Hall–Kier alpha value is -3.41. The van der Waals surface area contributed by atoms with Crippen LogP contribution in [0, 0.1) is 17.7 Å². The van der Waals surface area contributed by atoms with Gasteiger partial charge >= 0.3 is 0 Å². The molecule has 0 atom stereocenters. The van der Waals surface area contributed by atoms with Gasteiger partial charge in [-0.1, -0.05) is 30.1 Å². The number of anilines is 1. The van der Waals surface area contributed by atoms with E-state index < -0.39 is 18.0 Å². The van der Waals surface area contributed by atoms with E-state index in [1.54, 1.807) is 18.0 Å². The van der Waals surface area contributed by atoms with E-state index >= 15 is 0 Å². The first kappa shape index (κ1) is 29.6. The molecule has 1 amide bonds. The van der Waals surface area contributed by atoms with Gasteiger partial charge in [-0.05, 0) is 62.1 Å². The van der Waals surface area contributed by atoms with Crippen LogP contribution in [-0.4, -0.2) is 60.8 Å². The van der Waals surface area contributed by atoms with Gasteiger partial charge in [-0.2, -0.15) is 0 Å². The molecule has 0 aliphatic heterocycles. The number of aryl methyl sites for hydroxylation is 1. The minimum atomic E-state index is -0.527. The summed E-state index contributed by atoms with van der Waals surface area (Å²) < 4.78 is 28.2. The number of rotatable bonds is 17. The summed E-state index contributed by atoms with van der Waals surface area (Å²) in [6, 6.07) is 13.4. The average Bonchev–Trinajstić information content (AvgIpc) is 3.59. The maximum atomic E-state index is 13.5. The first-order chi connectivity index (χ1) is 19.5. The fourth-order valence-corrected chi connectivity index (χ4v) is 4.75. The molecule has 0 unspecified atom stereocenters. The standard InChI is InChI=1S/C29H37FN6O3S/c1-3-36(19-34-40-12-11-32-16-22-7-8-24-26(14-22)39-20-33-24)25(15-31)27(38-18-29(17-30)9-10-29)28(37)35-23-6-4-5-21(2)13-23/h4-8,13-15,20,31-32,34H,3,9-12,16-19H2,1-2H3,(H,35,37)/b27-25-,31-15?. The number of hydrogen-bond acceptors (Lipinski definition) is 9. The van der Waals surface area contributed by atoms with Gasteiger partial charge in [0.1, 0.15) is 11.2 Å².